The zero-order chi connectivity index (χ0) is 27.0. The molecule has 1 aromatic heterocycles. The van der Waals surface area contributed by atoms with E-state index in [0.29, 0.717) is 24.3 Å². The number of thioether (sulfide) groups is 1. The summed E-state index contributed by atoms with van der Waals surface area (Å²) in [6, 6.07) is 9.11. The van der Waals surface area contributed by atoms with Gasteiger partial charge in [0.25, 0.3) is 5.91 Å². The lowest BCUT2D eigenvalue weighted by atomic mass is 9.74. The molecule has 194 valence electrons. The summed E-state index contributed by atoms with van der Waals surface area (Å²) in [5.41, 5.74) is -0.955. The number of aliphatic imine (C=N–C) groups is 1. The quantitative estimate of drug-likeness (QED) is 0.586. The number of benzene rings is 1. The van der Waals surface area contributed by atoms with Gasteiger partial charge in [-0.25, -0.2) is 19.2 Å². The van der Waals surface area contributed by atoms with Crippen LogP contribution in [0.1, 0.15) is 55.7 Å². The standard InChI is InChI=1S/C26H28FN5O4S/c1-15-18-9-10-36-14-26(18,31-23(37-15)32(24(34)35)25(2,3)4)19-11-17(6-7-20(19)27)30-22(33)21-8-5-16(12-28)13-29-21/h5-8,11,13,15,18H,9-10,14H2,1-4H3,(H,30,33)(H,34,35)/t15?,18-,26-/m0/s1. The highest BCUT2D eigenvalue weighted by Gasteiger charge is 2.52. The number of amidine groups is 1. The molecule has 9 nitrogen and oxygen atoms in total. The van der Waals surface area contributed by atoms with E-state index in [1.165, 1.54) is 53.2 Å². The van der Waals surface area contributed by atoms with Crippen LogP contribution in [0.15, 0.2) is 41.5 Å². The van der Waals surface area contributed by atoms with E-state index in [1.54, 1.807) is 20.8 Å². The Kier molecular flexibility index (Phi) is 7.26. The average molecular weight is 526 g/mol. The Morgan fingerprint density at radius 1 is 1.32 bits per heavy atom. The van der Waals surface area contributed by atoms with Gasteiger partial charge < -0.3 is 15.2 Å². The maximum absolute atomic E-state index is 15.5. The van der Waals surface area contributed by atoms with Crippen molar-refractivity contribution in [3.05, 3.63) is 59.2 Å². The average Bonchev–Trinajstić information content (AvgIpc) is 2.84. The van der Waals surface area contributed by atoms with E-state index in [-0.39, 0.29) is 34.2 Å². The van der Waals surface area contributed by atoms with E-state index >= 15 is 4.39 Å². The van der Waals surface area contributed by atoms with Crippen molar-refractivity contribution in [2.75, 3.05) is 18.5 Å². The third kappa shape index (κ3) is 5.17. The molecule has 0 bridgehead atoms. The van der Waals surface area contributed by atoms with Gasteiger partial charge in [0.05, 0.1) is 12.2 Å². The summed E-state index contributed by atoms with van der Waals surface area (Å²) < 4.78 is 21.3. The van der Waals surface area contributed by atoms with Crippen LogP contribution in [-0.4, -0.2) is 56.2 Å². The molecular weight excluding hydrogens is 497 g/mol. The highest BCUT2D eigenvalue weighted by Crippen LogP contribution is 2.50. The fourth-order valence-electron chi connectivity index (χ4n) is 4.79. The first-order valence-corrected chi connectivity index (χ1v) is 12.7. The minimum atomic E-state index is -1.17. The largest absolute Gasteiger partial charge is 0.465 e. The molecule has 3 atom stereocenters. The summed E-state index contributed by atoms with van der Waals surface area (Å²) in [7, 11) is 0. The fraction of sp³-hybridized carbons (Fsp3) is 0.423. The van der Waals surface area contributed by atoms with Crippen LogP contribution in [0.4, 0.5) is 14.9 Å². The van der Waals surface area contributed by atoms with Crippen molar-refractivity contribution in [1.29, 1.82) is 5.26 Å². The van der Waals surface area contributed by atoms with Gasteiger partial charge in [-0.15, -0.1) is 0 Å². The molecular formula is C26H28FN5O4S. The van der Waals surface area contributed by atoms with E-state index in [0.717, 1.165) is 0 Å². The number of hydrogen-bond acceptors (Lipinski definition) is 7. The molecule has 2 amide bonds. The number of aromatic nitrogens is 1. The minimum absolute atomic E-state index is 0.0684. The number of amides is 2. The number of anilines is 1. The Bertz CT molecular complexity index is 1290. The van der Waals surface area contributed by atoms with Crippen LogP contribution in [-0.2, 0) is 10.3 Å². The molecule has 0 aliphatic carbocycles. The molecule has 0 radical (unpaired) electrons. The van der Waals surface area contributed by atoms with Crippen LogP contribution in [0, 0.1) is 23.1 Å². The molecule has 1 saturated heterocycles. The summed E-state index contributed by atoms with van der Waals surface area (Å²) >= 11 is 1.37. The Labute approximate surface area is 218 Å². The molecule has 4 rings (SSSR count). The molecule has 2 aliphatic rings. The number of ether oxygens (including phenoxy) is 1. The van der Waals surface area contributed by atoms with Gasteiger partial charge in [-0.2, -0.15) is 5.26 Å². The molecule has 1 fully saturated rings. The molecule has 2 aromatic rings. The van der Waals surface area contributed by atoms with Crippen LogP contribution in [0.25, 0.3) is 0 Å². The third-order valence-electron chi connectivity index (χ3n) is 6.53. The van der Waals surface area contributed by atoms with Crippen molar-refractivity contribution in [3.8, 4) is 6.07 Å². The molecule has 2 aliphatic heterocycles. The highest BCUT2D eigenvalue weighted by atomic mass is 32.2. The van der Waals surface area contributed by atoms with Crippen molar-refractivity contribution >= 4 is 34.6 Å². The number of hydrogen-bond donors (Lipinski definition) is 2. The van der Waals surface area contributed by atoms with Gasteiger partial charge in [-0.3, -0.25) is 9.69 Å². The summed E-state index contributed by atoms with van der Waals surface area (Å²) in [4.78, 5) is 35.1. The van der Waals surface area contributed by atoms with Crippen LogP contribution < -0.4 is 5.32 Å². The number of fused-ring (bicyclic) bond motifs is 1. The monoisotopic (exact) mass is 525 g/mol. The predicted octanol–water partition coefficient (Wildman–Crippen LogP) is 4.85. The highest BCUT2D eigenvalue weighted by molar-refractivity contribution is 8.14. The molecule has 2 N–H and O–H groups in total. The van der Waals surface area contributed by atoms with Gasteiger partial charge in [0.1, 0.15) is 23.1 Å². The second kappa shape index (κ2) is 10.1. The first kappa shape index (κ1) is 26.6. The molecule has 1 aromatic carbocycles. The van der Waals surface area contributed by atoms with Crippen LogP contribution in [0.3, 0.4) is 0 Å². The first-order chi connectivity index (χ1) is 17.5. The van der Waals surface area contributed by atoms with Crippen molar-refractivity contribution in [2.45, 2.75) is 50.4 Å². The maximum Gasteiger partial charge on any atom is 0.413 e. The van der Waals surface area contributed by atoms with E-state index in [1.807, 2.05) is 13.0 Å². The van der Waals surface area contributed by atoms with Crippen LogP contribution in [0.5, 0.6) is 0 Å². The molecule has 37 heavy (non-hydrogen) atoms. The lowest BCUT2D eigenvalue weighted by Gasteiger charge is -2.49. The SMILES string of the molecule is CC1SC(N(C(=O)O)C(C)(C)C)=N[C@@]2(c3cc(NC(=O)c4ccc(C#N)cn4)ccc3F)COCC[C@@H]12. The number of rotatable bonds is 3. The fourth-order valence-corrected chi connectivity index (χ4v) is 6.32. The Morgan fingerprint density at radius 3 is 2.70 bits per heavy atom. The van der Waals surface area contributed by atoms with Gasteiger partial charge in [0.2, 0.25) is 0 Å². The van der Waals surface area contributed by atoms with Gasteiger partial charge >= 0.3 is 6.09 Å². The Morgan fingerprint density at radius 2 is 2.08 bits per heavy atom. The van der Waals surface area contributed by atoms with E-state index in [4.69, 9.17) is 15.0 Å². The second-order valence-electron chi connectivity index (χ2n) is 10.1. The number of nitrogens with zero attached hydrogens (tertiary/aromatic N) is 4. The molecule has 1 unspecified atom stereocenters. The van der Waals surface area contributed by atoms with Crippen LogP contribution >= 0.6 is 11.8 Å². The molecule has 0 saturated carbocycles. The number of pyridine rings is 1. The number of halogens is 1. The smallest absolute Gasteiger partial charge is 0.413 e. The van der Waals surface area contributed by atoms with E-state index in [9.17, 15) is 14.7 Å². The number of carboxylic acid groups (broad SMARTS) is 1. The number of nitrogens with one attached hydrogen (secondary N) is 1. The van der Waals surface area contributed by atoms with Gasteiger partial charge in [0, 0.05) is 40.8 Å². The van der Waals surface area contributed by atoms with Gasteiger partial charge in [-0.05, 0) is 57.5 Å². The summed E-state index contributed by atoms with van der Waals surface area (Å²) in [5.74, 6) is -1.16. The first-order valence-electron chi connectivity index (χ1n) is 11.8. The number of nitriles is 1. The summed E-state index contributed by atoms with van der Waals surface area (Å²) in [5, 5.41) is 21.9. The molecule has 11 heteroatoms. The van der Waals surface area contributed by atoms with Crippen LogP contribution in [0.2, 0.25) is 0 Å². The third-order valence-corrected chi connectivity index (χ3v) is 7.72. The van der Waals surface area contributed by atoms with Crippen molar-refractivity contribution < 1.29 is 23.8 Å². The lowest BCUT2D eigenvalue weighted by Crippen LogP contribution is -2.55. The zero-order valence-corrected chi connectivity index (χ0v) is 21.8. The summed E-state index contributed by atoms with van der Waals surface area (Å²) in [6.45, 7) is 7.89. The van der Waals surface area contributed by atoms with Crippen molar-refractivity contribution in [1.82, 2.24) is 9.88 Å². The normalized spacial score (nSPS) is 23.3. The predicted molar refractivity (Wildman–Crippen MR) is 138 cm³/mol. The number of carbonyl (C=O) groups excluding carboxylic acids is 1. The number of carbonyl (C=O) groups is 2. The topological polar surface area (TPSA) is 128 Å². The Hall–Kier alpha value is -3.49. The zero-order valence-electron chi connectivity index (χ0n) is 21.0. The van der Waals surface area contributed by atoms with Crippen molar-refractivity contribution in [2.24, 2.45) is 10.9 Å². The minimum Gasteiger partial charge on any atom is -0.465 e. The lowest BCUT2D eigenvalue weighted by molar-refractivity contribution is -0.00509. The molecule has 0 spiro atoms. The van der Waals surface area contributed by atoms with E-state index < -0.39 is 28.9 Å². The molecule has 3 heterocycles. The Balaban J connectivity index is 1.77. The summed E-state index contributed by atoms with van der Waals surface area (Å²) in [6.07, 6.45) is 0.778. The van der Waals surface area contributed by atoms with Gasteiger partial charge in [-0.1, -0.05) is 18.7 Å². The van der Waals surface area contributed by atoms with Crippen molar-refractivity contribution in [3.63, 3.8) is 0 Å². The maximum atomic E-state index is 15.5. The second-order valence-corrected chi connectivity index (χ2v) is 11.4. The van der Waals surface area contributed by atoms with Gasteiger partial charge in [0.15, 0.2) is 5.17 Å². The van der Waals surface area contributed by atoms with E-state index in [2.05, 4.69) is 10.3 Å².